The van der Waals surface area contributed by atoms with Crippen molar-refractivity contribution in [3.8, 4) is 0 Å². The summed E-state index contributed by atoms with van der Waals surface area (Å²) in [5, 5.41) is 6.56. The third-order valence-corrected chi connectivity index (χ3v) is 4.76. The first-order valence-electron chi connectivity index (χ1n) is 7.84. The molecule has 0 aliphatic carbocycles. The van der Waals surface area contributed by atoms with Crippen molar-refractivity contribution in [1.29, 1.82) is 0 Å². The Morgan fingerprint density at radius 1 is 1.26 bits per heavy atom. The summed E-state index contributed by atoms with van der Waals surface area (Å²) < 4.78 is 22.5. The van der Waals surface area contributed by atoms with Crippen molar-refractivity contribution in [2.45, 2.75) is 38.6 Å². The molecule has 2 N–H and O–H groups in total. The average molecular weight is 340 g/mol. The van der Waals surface area contributed by atoms with E-state index in [0.29, 0.717) is 12.4 Å². The molecule has 0 radical (unpaired) electrons. The summed E-state index contributed by atoms with van der Waals surface area (Å²) >= 11 is 0. The van der Waals surface area contributed by atoms with Gasteiger partial charge < -0.3 is 10.6 Å². The first-order chi connectivity index (χ1) is 10.6. The second kappa shape index (κ2) is 8.34. The molecule has 0 aliphatic rings. The lowest BCUT2D eigenvalue weighted by atomic mass is 9.85. The van der Waals surface area contributed by atoms with Gasteiger partial charge in [0.2, 0.25) is 0 Å². The van der Waals surface area contributed by atoms with E-state index in [1.165, 1.54) is 11.8 Å². The highest BCUT2D eigenvalue weighted by Gasteiger charge is 2.20. The number of sulfone groups is 1. The third kappa shape index (κ3) is 7.50. The smallest absolute Gasteiger partial charge is 0.191 e. The van der Waals surface area contributed by atoms with Crippen LogP contribution >= 0.6 is 0 Å². The van der Waals surface area contributed by atoms with Crippen molar-refractivity contribution < 1.29 is 8.42 Å². The van der Waals surface area contributed by atoms with Crippen molar-refractivity contribution in [2.75, 3.05) is 25.6 Å². The first-order valence-corrected chi connectivity index (χ1v) is 9.90. The van der Waals surface area contributed by atoms with Crippen LogP contribution in [0, 0.1) is 0 Å². The third-order valence-electron chi connectivity index (χ3n) is 3.78. The Morgan fingerprint density at radius 3 is 2.39 bits per heavy atom. The van der Waals surface area contributed by atoms with Crippen LogP contribution in [0.4, 0.5) is 0 Å². The first kappa shape index (κ1) is 19.5. The van der Waals surface area contributed by atoms with E-state index in [-0.39, 0.29) is 17.2 Å². The number of guanidine groups is 1. The number of hydrogen-bond acceptors (Lipinski definition) is 3. The molecular formula is C17H29N3O2S. The van der Waals surface area contributed by atoms with E-state index in [4.69, 9.17) is 0 Å². The van der Waals surface area contributed by atoms with Gasteiger partial charge in [-0.25, -0.2) is 8.42 Å². The summed E-state index contributed by atoms with van der Waals surface area (Å²) in [5.41, 5.74) is 1.22. The number of rotatable bonds is 7. The molecule has 0 fully saturated rings. The SMILES string of the molecule is CN=C(NCC(C)(C)c1ccccc1)NC(C)CCS(C)(=O)=O. The minimum Gasteiger partial charge on any atom is -0.356 e. The van der Waals surface area contributed by atoms with E-state index in [0.717, 1.165) is 6.54 Å². The van der Waals surface area contributed by atoms with Gasteiger partial charge >= 0.3 is 0 Å². The molecule has 130 valence electrons. The largest absolute Gasteiger partial charge is 0.356 e. The van der Waals surface area contributed by atoms with Gasteiger partial charge in [-0.15, -0.1) is 0 Å². The summed E-state index contributed by atoms with van der Waals surface area (Å²) in [6.45, 7) is 7.04. The molecule has 6 heteroatoms. The Balaban J connectivity index is 2.54. The molecule has 0 amide bonds. The Labute approximate surface area is 140 Å². The average Bonchev–Trinajstić information content (AvgIpc) is 2.49. The van der Waals surface area contributed by atoms with Crippen LogP contribution < -0.4 is 10.6 Å². The Hall–Kier alpha value is -1.56. The normalized spacial score (nSPS) is 14.4. The molecule has 0 aromatic heterocycles. The molecule has 5 nitrogen and oxygen atoms in total. The highest BCUT2D eigenvalue weighted by Crippen LogP contribution is 2.21. The maximum atomic E-state index is 11.2. The lowest BCUT2D eigenvalue weighted by Crippen LogP contribution is -2.46. The summed E-state index contributed by atoms with van der Waals surface area (Å²) in [6, 6.07) is 10.4. The Kier molecular flexibility index (Phi) is 7.06. The zero-order valence-electron chi connectivity index (χ0n) is 14.8. The summed E-state index contributed by atoms with van der Waals surface area (Å²) in [5.74, 6) is 0.864. The van der Waals surface area contributed by atoms with E-state index in [1.54, 1.807) is 7.05 Å². The predicted octanol–water partition coefficient (Wildman–Crippen LogP) is 1.95. The molecule has 0 spiro atoms. The zero-order chi connectivity index (χ0) is 17.5. The Morgan fingerprint density at radius 2 is 1.87 bits per heavy atom. The molecule has 0 bridgehead atoms. The summed E-state index contributed by atoms with van der Waals surface area (Å²) in [4.78, 5) is 4.21. The van der Waals surface area contributed by atoms with Crippen molar-refractivity contribution >= 4 is 15.8 Å². The molecular weight excluding hydrogens is 310 g/mol. The van der Waals surface area contributed by atoms with Gasteiger partial charge in [-0.05, 0) is 18.9 Å². The number of nitrogens with one attached hydrogen (secondary N) is 2. The van der Waals surface area contributed by atoms with Crippen LogP contribution in [0.25, 0.3) is 0 Å². The van der Waals surface area contributed by atoms with Gasteiger partial charge in [0.25, 0.3) is 0 Å². The minimum absolute atomic E-state index is 0.0329. The molecule has 0 saturated heterocycles. The fourth-order valence-electron chi connectivity index (χ4n) is 2.19. The molecule has 1 atom stereocenters. The van der Waals surface area contributed by atoms with Crippen LogP contribution in [0.5, 0.6) is 0 Å². The van der Waals surface area contributed by atoms with Crippen LogP contribution in [0.3, 0.4) is 0 Å². The fourth-order valence-corrected chi connectivity index (χ4v) is 2.97. The maximum absolute atomic E-state index is 11.2. The Bertz CT molecular complexity index is 610. The molecule has 0 saturated carbocycles. The summed E-state index contributed by atoms with van der Waals surface area (Å²) in [7, 11) is -1.22. The van der Waals surface area contributed by atoms with Gasteiger partial charge in [-0.2, -0.15) is 0 Å². The minimum atomic E-state index is -2.93. The van der Waals surface area contributed by atoms with Crippen LogP contribution in [0.2, 0.25) is 0 Å². The van der Waals surface area contributed by atoms with E-state index in [2.05, 4.69) is 41.6 Å². The van der Waals surface area contributed by atoms with Crippen LogP contribution in [0.1, 0.15) is 32.8 Å². The number of hydrogen-bond donors (Lipinski definition) is 2. The lowest BCUT2D eigenvalue weighted by molar-refractivity contribution is 0.503. The monoisotopic (exact) mass is 339 g/mol. The second-order valence-electron chi connectivity index (χ2n) is 6.64. The molecule has 1 unspecified atom stereocenters. The molecule has 0 aliphatic heterocycles. The predicted molar refractivity (Wildman–Crippen MR) is 97.8 cm³/mol. The van der Waals surface area contributed by atoms with Crippen molar-refractivity contribution in [3.05, 3.63) is 35.9 Å². The highest BCUT2D eigenvalue weighted by atomic mass is 32.2. The van der Waals surface area contributed by atoms with Gasteiger partial charge in [0, 0.05) is 31.3 Å². The van der Waals surface area contributed by atoms with E-state index in [1.807, 2.05) is 25.1 Å². The number of nitrogens with zero attached hydrogens (tertiary/aromatic N) is 1. The molecule has 1 aromatic carbocycles. The summed E-state index contributed by atoms with van der Waals surface area (Å²) in [6.07, 6.45) is 1.82. The second-order valence-corrected chi connectivity index (χ2v) is 8.90. The highest BCUT2D eigenvalue weighted by molar-refractivity contribution is 7.90. The number of benzene rings is 1. The van der Waals surface area contributed by atoms with Crippen LogP contribution in [0.15, 0.2) is 35.3 Å². The van der Waals surface area contributed by atoms with E-state index in [9.17, 15) is 8.42 Å². The lowest BCUT2D eigenvalue weighted by Gasteiger charge is -2.27. The van der Waals surface area contributed by atoms with Gasteiger partial charge in [-0.3, -0.25) is 4.99 Å². The van der Waals surface area contributed by atoms with Gasteiger partial charge in [0.1, 0.15) is 9.84 Å². The maximum Gasteiger partial charge on any atom is 0.191 e. The quantitative estimate of drug-likeness (QED) is 0.588. The zero-order valence-corrected chi connectivity index (χ0v) is 15.6. The molecule has 1 aromatic rings. The van der Waals surface area contributed by atoms with Crippen molar-refractivity contribution in [1.82, 2.24) is 10.6 Å². The van der Waals surface area contributed by atoms with Gasteiger partial charge in [0.05, 0.1) is 5.75 Å². The molecule has 0 heterocycles. The van der Waals surface area contributed by atoms with Crippen molar-refractivity contribution in [3.63, 3.8) is 0 Å². The van der Waals surface area contributed by atoms with E-state index < -0.39 is 9.84 Å². The van der Waals surface area contributed by atoms with Crippen LogP contribution in [-0.4, -0.2) is 46.0 Å². The topological polar surface area (TPSA) is 70.6 Å². The standard InChI is InChI=1S/C17H29N3O2S/c1-14(11-12-23(5,21)22)20-16(18-4)19-13-17(2,3)15-9-7-6-8-10-15/h6-10,14H,11-13H2,1-5H3,(H2,18,19,20). The van der Waals surface area contributed by atoms with Crippen LogP contribution in [-0.2, 0) is 15.3 Å². The molecule has 1 rings (SSSR count). The fraction of sp³-hybridized carbons (Fsp3) is 0.588. The molecule has 23 heavy (non-hydrogen) atoms. The van der Waals surface area contributed by atoms with Crippen molar-refractivity contribution in [2.24, 2.45) is 4.99 Å². The van der Waals surface area contributed by atoms with Gasteiger partial charge in [0.15, 0.2) is 5.96 Å². The van der Waals surface area contributed by atoms with Gasteiger partial charge in [-0.1, -0.05) is 44.2 Å². The number of aliphatic imine (C=N–C) groups is 1. The van der Waals surface area contributed by atoms with E-state index >= 15 is 0 Å².